The van der Waals surface area contributed by atoms with Gasteiger partial charge in [0.15, 0.2) is 6.54 Å². The number of nitrogens with one attached hydrogen (secondary N) is 3. The average molecular weight is 370 g/mol. The molecule has 0 spiro atoms. The molecule has 27 heavy (non-hydrogen) atoms. The topological polar surface area (TPSA) is 47.2 Å². The summed E-state index contributed by atoms with van der Waals surface area (Å²) in [7, 11) is 1.69. The second kappa shape index (κ2) is 9.02. The molecule has 1 amide bonds. The molecule has 1 saturated heterocycles. The van der Waals surface area contributed by atoms with Gasteiger partial charge in [-0.25, -0.2) is 0 Å². The summed E-state index contributed by atoms with van der Waals surface area (Å²) >= 11 is 0. The van der Waals surface area contributed by atoms with E-state index in [1.807, 2.05) is 24.3 Å². The molecule has 0 bridgehead atoms. The van der Waals surface area contributed by atoms with Crippen molar-refractivity contribution in [2.75, 3.05) is 45.2 Å². The Hall–Kier alpha value is -2.37. The summed E-state index contributed by atoms with van der Waals surface area (Å²) in [4.78, 5) is 15.3. The Labute approximate surface area is 161 Å². The Kier molecular flexibility index (Phi) is 6.48. The Balaban J connectivity index is 1.43. The van der Waals surface area contributed by atoms with Gasteiger partial charge in [0.05, 0.1) is 7.11 Å². The number of ether oxygens (including phenoxy) is 1. The molecule has 3 N–H and O–H groups in total. The summed E-state index contributed by atoms with van der Waals surface area (Å²) < 4.78 is 5.22. The summed E-state index contributed by atoms with van der Waals surface area (Å²) in [5.41, 5.74) is 4.59. The van der Waals surface area contributed by atoms with Crippen LogP contribution in [0.3, 0.4) is 0 Å². The molecule has 0 aromatic heterocycles. The predicted octanol–water partition coefficient (Wildman–Crippen LogP) is 0.234. The van der Waals surface area contributed by atoms with Crippen LogP contribution in [-0.4, -0.2) is 45.7 Å². The van der Waals surface area contributed by atoms with Crippen LogP contribution in [0.1, 0.15) is 16.7 Å². The lowest BCUT2D eigenvalue weighted by molar-refractivity contribution is -1.02. The number of carbonyl (C=O) groups excluding carboxylic acids is 1. The highest BCUT2D eigenvalue weighted by atomic mass is 16.5. The van der Waals surface area contributed by atoms with Gasteiger partial charge < -0.3 is 19.9 Å². The van der Waals surface area contributed by atoms with Crippen LogP contribution in [0.4, 0.5) is 5.69 Å². The molecule has 5 nitrogen and oxygen atoms in total. The molecule has 3 rings (SSSR count). The van der Waals surface area contributed by atoms with Crippen LogP contribution < -0.4 is 19.9 Å². The SMILES string of the molecule is COc1ccc(C[NH+]2CC[NH+](CC(=O)Nc3cc(C)cc(C)c3)CC2)cc1. The van der Waals surface area contributed by atoms with E-state index < -0.39 is 0 Å². The van der Waals surface area contributed by atoms with Crippen LogP contribution in [-0.2, 0) is 11.3 Å². The van der Waals surface area contributed by atoms with Gasteiger partial charge in [0.25, 0.3) is 5.91 Å². The second-order valence-electron chi connectivity index (χ2n) is 7.63. The Morgan fingerprint density at radius 3 is 2.15 bits per heavy atom. The molecule has 2 aromatic carbocycles. The lowest BCUT2D eigenvalue weighted by atomic mass is 10.1. The number of carbonyl (C=O) groups is 1. The number of methoxy groups -OCH3 is 1. The van der Waals surface area contributed by atoms with Crippen molar-refractivity contribution >= 4 is 11.6 Å². The van der Waals surface area contributed by atoms with Crippen LogP contribution in [0.15, 0.2) is 42.5 Å². The molecular formula is C22H31N3O2+2. The summed E-state index contributed by atoms with van der Waals surface area (Å²) in [5, 5.41) is 3.05. The highest BCUT2D eigenvalue weighted by Crippen LogP contribution is 2.13. The summed E-state index contributed by atoms with van der Waals surface area (Å²) in [6, 6.07) is 14.5. The molecular weight excluding hydrogens is 338 g/mol. The predicted molar refractivity (Wildman–Crippen MR) is 108 cm³/mol. The third-order valence-electron chi connectivity index (χ3n) is 5.19. The standard InChI is InChI=1S/C22H29N3O2/c1-17-12-18(2)14-20(13-17)23-22(26)16-25-10-8-24(9-11-25)15-19-4-6-21(27-3)7-5-19/h4-7,12-14H,8-11,15-16H2,1-3H3,(H,23,26)/p+2. The van der Waals surface area contributed by atoms with E-state index in [0.717, 1.165) is 44.2 Å². The number of quaternary nitrogens is 2. The van der Waals surface area contributed by atoms with E-state index >= 15 is 0 Å². The van der Waals surface area contributed by atoms with E-state index in [0.29, 0.717) is 6.54 Å². The molecule has 2 aromatic rings. The first kappa shape index (κ1) is 19.4. The minimum Gasteiger partial charge on any atom is -0.497 e. The zero-order valence-electron chi connectivity index (χ0n) is 16.6. The maximum atomic E-state index is 12.4. The van der Waals surface area contributed by atoms with Crippen molar-refractivity contribution in [3.8, 4) is 5.75 Å². The summed E-state index contributed by atoms with van der Waals surface area (Å²) in [5.74, 6) is 1.01. The molecule has 1 aliphatic rings. The lowest BCUT2D eigenvalue weighted by Gasteiger charge is -2.29. The van der Waals surface area contributed by atoms with Crippen LogP contribution in [0, 0.1) is 13.8 Å². The van der Waals surface area contributed by atoms with Crippen molar-refractivity contribution < 1.29 is 19.3 Å². The number of hydrogen-bond donors (Lipinski definition) is 3. The molecule has 0 aliphatic carbocycles. The van der Waals surface area contributed by atoms with Gasteiger partial charge in [0.1, 0.15) is 38.5 Å². The van der Waals surface area contributed by atoms with Crippen molar-refractivity contribution in [2.45, 2.75) is 20.4 Å². The molecule has 0 atom stereocenters. The zero-order chi connectivity index (χ0) is 19.2. The highest BCUT2D eigenvalue weighted by molar-refractivity contribution is 5.91. The molecule has 144 valence electrons. The van der Waals surface area contributed by atoms with E-state index in [1.165, 1.54) is 21.6 Å². The van der Waals surface area contributed by atoms with Gasteiger partial charge in [0, 0.05) is 11.3 Å². The first-order valence-electron chi connectivity index (χ1n) is 9.70. The van der Waals surface area contributed by atoms with Crippen LogP contribution in [0.2, 0.25) is 0 Å². The van der Waals surface area contributed by atoms with E-state index in [-0.39, 0.29) is 5.91 Å². The third kappa shape index (κ3) is 5.81. The summed E-state index contributed by atoms with van der Waals surface area (Å²) in [6.45, 7) is 9.94. The van der Waals surface area contributed by atoms with Gasteiger partial charge in [-0.2, -0.15) is 0 Å². The first-order valence-corrected chi connectivity index (χ1v) is 9.70. The Bertz CT molecular complexity index is 745. The number of benzene rings is 2. The highest BCUT2D eigenvalue weighted by Gasteiger charge is 2.24. The van der Waals surface area contributed by atoms with E-state index in [2.05, 4.69) is 37.4 Å². The second-order valence-corrected chi connectivity index (χ2v) is 7.63. The van der Waals surface area contributed by atoms with E-state index in [4.69, 9.17) is 4.74 Å². The van der Waals surface area contributed by atoms with Gasteiger partial charge in [-0.15, -0.1) is 0 Å². The van der Waals surface area contributed by atoms with Crippen molar-refractivity contribution in [1.29, 1.82) is 0 Å². The summed E-state index contributed by atoms with van der Waals surface area (Å²) in [6.07, 6.45) is 0. The fraction of sp³-hybridized carbons (Fsp3) is 0.409. The van der Waals surface area contributed by atoms with E-state index in [9.17, 15) is 4.79 Å². The number of rotatable bonds is 6. The largest absolute Gasteiger partial charge is 0.497 e. The first-order chi connectivity index (χ1) is 13.0. The minimum absolute atomic E-state index is 0.105. The monoisotopic (exact) mass is 369 g/mol. The van der Waals surface area contributed by atoms with E-state index in [1.54, 1.807) is 12.0 Å². The molecule has 1 fully saturated rings. The molecule has 0 saturated carbocycles. The van der Waals surface area contributed by atoms with Gasteiger partial charge >= 0.3 is 0 Å². The lowest BCUT2D eigenvalue weighted by Crippen LogP contribution is -3.28. The number of piperazine rings is 1. The van der Waals surface area contributed by atoms with Crippen LogP contribution in [0.5, 0.6) is 5.75 Å². The van der Waals surface area contributed by atoms with Gasteiger partial charge in [0.2, 0.25) is 0 Å². The van der Waals surface area contributed by atoms with Crippen LogP contribution in [0.25, 0.3) is 0 Å². The van der Waals surface area contributed by atoms with Gasteiger partial charge in [-0.3, -0.25) is 4.79 Å². The maximum absolute atomic E-state index is 12.4. The third-order valence-corrected chi connectivity index (χ3v) is 5.19. The van der Waals surface area contributed by atoms with Crippen molar-refractivity contribution in [1.82, 2.24) is 0 Å². The van der Waals surface area contributed by atoms with Gasteiger partial charge in [-0.05, 0) is 61.4 Å². The van der Waals surface area contributed by atoms with Crippen molar-refractivity contribution in [3.63, 3.8) is 0 Å². The Morgan fingerprint density at radius 1 is 0.963 bits per heavy atom. The number of hydrogen-bond acceptors (Lipinski definition) is 2. The fourth-order valence-electron chi connectivity index (χ4n) is 3.82. The molecule has 0 unspecified atom stereocenters. The quantitative estimate of drug-likeness (QED) is 0.683. The van der Waals surface area contributed by atoms with Crippen molar-refractivity contribution in [2.24, 2.45) is 0 Å². The number of aryl methyl sites for hydroxylation is 2. The smallest absolute Gasteiger partial charge is 0.279 e. The average Bonchev–Trinajstić information content (AvgIpc) is 2.63. The molecule has 0 radical (unpaired) electrons. The van der Waals surface area contributed by atoms with Gasteiger partial charge in [-0.1, -0.05) is 6.07 Å². The normalized spacial score (nSPS) is 19.5. The fourth-order valence-corrected chi connectivity index (χ4v) is 3.82. The number of anilines is 1. The minimum atomic E-state index is 0.105. The van der Waals surface area contributed by atoms with Crippen molar-refractivity contribution in [3.05, 3.63) is 59.2 Å². The molecule has 5 heteroatoms. The Morgan fingerprint density at radius 2 is 1.56 bits per heavy atom. The number of amides is 1. The van der Waals surface area contributed by atoms with Crippen LogP contribution >= 0.6 is 0 Å². The zero-order valence-corrected chi connectivity index (χ0v) is 16.6. The maximum Gasteiger partial charge on any atom is 0.279 e. The molecule has 1 heterocycles. The molecule has 1 aliphatic heterocycles.